The second-order valence-corrected chi connectivity index (χ2v) is 8.19. The number of thiocarbonyl (C=S) groups is 1. The van der Waals surface area contributed by atoms with Crippen LogP contribution in [0.4, 0.5) is 5.69 Å². The molecule has 1 fully saturated rings. The van der Waals surface area contributed by atoms with Gasteiger partial charge < -0.3 is 9.52 Å². The Morgan fingerprint density at radius 2 is 1.90 bits per heavy atom. The minimum atomic E-state index is -0.988. The monoisotopic (exact) mass is 441 g/mol. The molecule has 3 aromatic rings. The fourth-order valence-corrected chi connectivity index (χ4v) is 4.26. The van der Waals surface area contributed by atoms with Gasteiger partial charge in [0.25, 0.3) is 5.91 Å². The van der Waals surface area contributed by atoms with E-state index in [2.05, 4.69) is 0 Å². The number of carboxylic acid groups (broad SMARTS) is 1. The molecule has 4 rings (SSSR count). The molecule has 29 heavy (non-hydrogen) atoms. The summed E-state index contributed by atoms with van der Waals surface area (Å²) in [6, 6.07) is 16.8. The largest absolute Gasteiger partial charge is 0.478 e. The minimum Gasteiger partial charge on any atom is -0.478 e. The van der Waals surface area contributed by atoms with Crippen LogP contribution in [0.3, 0.4) is 0 Å². The highest BCUT2D eigenvalue weighted by atomic mass is 35.5. The first-order valence-corrected chi connectivity index (χ1v) is 10.00. The van der Waals surface area contributed by atoms with E-state index in [0.29, 0.717) is 31.5 Å². The van der Waals surface area contributed by atoms with Gasteiger partial charge in [0.15, 0.2) is 4.32 Å². The van der Waals surface area contributed by atoms with E-state index < -0.39 is 5.97 Å². The van der Waals surface area contributed by atoms with E-state index in [1.807, 2.05) is 0 Å². The van der Waals surface area contributed by atoms with Crippen LogP contribution in [0.15, 0.2) is 70.0 Å². The number of halogens is 1. The summed E-state index contributed by atoms with van der Waals surface area (Å²) in [6.45, 7) is 0. The number of benzene rings is 2. The molecule has 0 unspecified atom stereocenters. The molecule has 0 radical (unpaired) electrons. The quantitative estimate of drug-likeness (QED) is 0.413. The molecule has 2 heterocycles. The Labute approximate surface area is 180 Å². The SMILES string of the molecule is O=C(O)c1ccc(-c2ccc(C=C3SC(=S)N(c4cccc(Cl)c4)C3=O)o2)cc1. The lowest BCUT2D eigenvalue weighted by molar-refractivity contribution is -0.113. The summed E-state index contributed by atoms with van der Waals surface area (Å²) >= 11 is 12.6. The van der Waals surface area contributed by atoms with Crippen LogP contribution in [0.2, 0.25) is 5.02 Å². The van der Waals surface area contributed by atoms with Crippen LogP contribution in [-0.4, -0.2) is 21.3 Å². The lowest BCUT2D eigenvalue weighted by Crippen LogP contribution is -2.27. The number of carboxylic acids is 1. The second kappa shape index (κ2) is 7.87. The Kier molecular flexibility index (Phi) is 5.27. The number of nitrogens with zero attached hydrogens (tertiary/aromatic N) is 1. The summed E-state index contributed by atoms with van der Waals surface area (Å²) in [5.41, 5.74) is 1.55. The van der Waals surface area contributed by atoms with Gasteiger partial charge in [0.1, 0.15) is 11.5 Å². The van der Waals surface area contributed by atoms with Crippen molar-refractivity contribution in [1.29, 1.82) is 0 Å². The number of carbonyl (C=O) groups is 2. The van der Waals surface area contributed by atoms with Gasteiger partial charge >= 0.3 is 5.97 Å². The summed E-state index contributed by atoms with van der Waals surface area (Å²) in [4.78, 5) is 25.7. The summed E-state index contributed by atoms with van der Waals surface area (Å²) < 4.78 is 6.22. The van der Waals surface area contributed by atoms with Gasteiger partial charge in [-0.3, -0.25) is 9.69 Å². The average Bonchev–Trinajstić information content (AvgIpc) is 3.26. The average molecular weight is 442 g/mol. The van der Waals surface area contributed by atoms with Gasteiger partial charge in [-0.25, -0.2) is 4.79 Å². The molecule has 0 aliphatic carbocycles. The summed E-state index contributed by atoms with van der Waals surface area (Å²) in [5, 5.41) is 9.51. The Morgan fingerprint density at radius 1 is 1.14 bits per heavy atom. The van der Waals surface area contributed by atoms with Gasteiger partial charge in [-0.05, 0) is 42.5 Å². The Hall–Kier alpha value is -2.87. The number of furan rings is 1. The molecule has 1 aromatic heterocycles. The van der Waals surface area contributed by atoms with E-state index in [9.17, 15) is 9.59 Å². The van der Waals surface area contributed by atoms with Crippen LogP contribution in [0.25, 0.3) is 17.4 Å². The maximum absolute atomic E-state index is 12.8. The van der Waals surface area contributed by atoms with Gasteiger partial charge in [0, 0.05) is 16.7 Å². The number of carbonyl (C=O) groups excluding carboxylic acids is 1. The molecule has 8 heteroatoms. The van der Waals surface area contributed by atoms with Crippen molar-refractivity contribution in [1.82, 2.24) is 0 Å². The molecule has 5 nitrogen and oxygen atoms in total. The van der Waals surface area contributed by atoms with E-state index in [1.54, 1.807) is 54.6 Å². The number of anilines is 1. The van der Waals surface area contributed by atoms with Crippen LogP contribution in [-0.2, 0) is 4.79 Å². The third kappa shape index (κ3) is 3.98. The van der Waals surface area contributed by atoms with Crippen LogP contribution in [0, 0.1) is 0 Å². The molecule has 0 bridgehead atoms. The zero-order valence-electron chi connectivity index (χ0n) is 14.7. The Morgan fingerprint density at radius 3 is 2.59 bits per heavy atom. The molecule has 0 atom stereocenters. The van der Waals surface area contributed by atoms with Gasteiger partial charge in [-0.2, -0.15) is 0 Å². The predicted octanol–water partition coefficient (Wildman–Crippen LogP) is 5.70. The molecular weight excluding hydrogens is 430 g/mol. The highest BCUT2D eigenvalue weighted by molar-refractivity contribution is 8.27. The highest BCUT2D eigenvalue weighted by Crippen LogP contribution is 2.37. The van der Waals surface area contributed by atoms with Gasteiger partial charge in [0.05, 0.1) is 16.2 Å². The molecule has 2 aromatic carbocycles. The van der Waals surface area contributed by atoms with Gasteiger partial charge in [-0.1, -0.05) is 53.8 Å². The summed E-state index contributed by atoms with van der Waals surface area (Å²) in [5.74, 6) is -0.170. The maximum Gasteiger partial charge on any atom is 0.335 e. The first-order valence-electron chi connectivity index (χ1n) is 8.39. The van der Waals surface area contributed by atoms with Crippen molar-refractivity contribution < 1.29 is 19.1 Å². The molecule has 1 aliphatic heterocycles. The number of rotatable bonds is 4. The molecule has 0 saturated carbocycles. The lowest BCUT2D eigenvalue weighted by atomic mass is 10.1. The fourth-order valence-electron chi connectivity index (χ4n) is 2.80. The van der Waals surface area contributed by atoms with Crippen molar-refractivity contribution >= 4 is 63.5 Å². The van der Waals surface area contributed by atoms with Gasteiger partial charge in [-0.15, -0.1) is 0 Å². The van der Waals surface area contributed by atoms with Crippen molar-refractivity contribution in [3.8, 4) is 11.3 Å². The molecular formula is C21H12ClNO4S2. The van der Waals surface area contributed by atoms with Crippen molar-refractivity contribution in [2.75, 3.05) is 4.90 Å². The van der Waals surface area contributed by atoms with Crippen LogP contribution >= 0.6 is 35.6 Å². The first-order chi connectivity index (χ1) is 13.9. The highest BCUT2D eigenvalue weighted by Gasteiger charge is 2.33. The second-order valence-electron chi connectivity index (χ2n) is 6.08. The van der Waals surface area contributed by atoms with E-state index >= 15 is 0 Å². The lowest BCUT2D eigenvalue weighted by Gasteiger charge is -2.14. The van der Waals surface area contributed by atoms with Crippen LogP contribution < -0.4 is 4.90 Å². The fraction of sp³-hybridized carbons (Fsp3) is 0. The molecule has 144 valence electrons. The normalized spacial score (nSPS) is 15.3. The number of hydrogen-bond acceptors (Lipinski definition) is 5. The van der Waals surface area contributed by atoms with Crippen molar-refractivity contribution in [3.63, 3.8) is 0 Å². The molecule has 1 N–H and O–H groups in total. The smallest absolute Gasteiger partial charge is 0.335 e. The number of amides is 1. The minimum absolute atomic E-state index is 0.199. The van der Waals surface area contributed by atoms with Crippen molar-refractivity contribution in [3.05, 3.63) is 81.9 Å². The zero-order chi connectivity index (χ0) is 20.5. The zero-order valence-corrected chi connectivity index (χ0v) is 17.1. The number of thioether (sulfide) groups is 1. The summed E-state index contributed by atoms with van der Waals surface area (Å²) in [7, 11) is 0. The van der Waals surface area contributed by atoms with E-state index in [1.165, 1.54) is 28.8 Å². The number of hydrogen-bond donors (Lipinski definition) is 1. The first kappa shape index (κ1) is 19.4. The molecule has 1 amide bonds. The van der Waals surface area contributed by atoms with Crippen LogP contribution in [0.5, 0.6) is 0 Å². The molecule has 1 saturated heterocycles. The Bertz CT molecular complexity index is 1170. The van der Waals surface area contributed by atoms with Crippen molar-refractivity contribution in [2.24, 2.45) is 0 Å². The van der Waals surface area contributed by atoms with E-state index in [4.69, 9.17) is 33.3 Å². The standard InChI is InChI=1S/C21H12ClNO4S2/c22-14-2-1-3-15(10-14)23-19(24)18(29-21(23)28)11-16-8-9-17(27-16)12-4-6-13(7-5-12)20(25)26/h1-11H,(H,25,26). The molecule has 0 spiro atoms. The maximum atomic E-state index is 12.8. The Balaban J connectivity index is 1.58. The van der Waals surface area contributed by atoms with E-state index in [0.717, 1.165) is 5.56 Å². The summed E-state index contributed by atoms with van der Waals surface area (Å²) in [6.07, 6.45) is 1.64. The van der Waals surface area contributed by atoms with Crippen molar-refractivity contribution in [2.45, 2.75) is 0 Å². The third-order valence-electron chi connectivity index (χ3n) is 4.18. The van der Waals surface area contributed by atoms with E-state index in [-0.39, 0.29) is 11.5 Å². The third-order valence-corrected chi connectivity index (χ3v) is 5.71. The molecule has 1 aliphatic rings. The van der Waals surface area contributed by atoms with Crippen LogP contribution in [0.1, 0.15) is 16.1 Å². The van der Waals surface area contributed by atoms with Gasteiger partial charge in [0.2, 0.25) is 0 Å². The topological polar surface area (TPSA) is 70.8 Å². The number of aromatic carboxylic acids is 1. The predicted molar refractivity (Wildman–Crippen MR) is 118 cm³/mol.